The molecule has 0 bridgehead atoms. The van der Waals surface area contributed by atoms with Gasteiger partial charge in [-0.05, 0) is 79.7 Å². The molecule has 0 aliphatic heterocycles. The van der Waals surface area contributed by atoms with E-state index in [2.05, 4.69) is 30.4 Å². The minimum Gasteiger partial charge on any atom is -0.406 e. The maximum Gasteiger partial charge on any atom is 0.573 e. The highest BCUT2D eigenvalue weighted by Gasteiger charge is 2.31. The van der Waals surface area contributed by atoms with Crippen molar-refractivity contribution in [1.82, 2.24) is 19.7 Å². The number of thiazole rings is 1. The summed E-state index contributed by atoms with van der Waals surface area (Å²) in [4.78, 5) is 8.95. The lowest BCUT2D eigenvalue weighted by Gasteiger charge is -2.13. The number of thiocarbonyl (C=S) groups is 1. The SMILES string of the molecule is Cc1cccc(C)c1NC(=S)Nc1nc2ccc(-c3ncn(-c4ccc(OC(F)(F)F)cc4)n3)cc2s1. The summed E-state index contributed by atoms with van der Waals surface area (Å²) < 4.78 is 43.4. The lowest BCUT2D eigenvalue weighted by molar-refractivity contribution is -0.274. The Hall–Kier alpha value is -4.03. The van der Waals surface area contributed by atoms with Gasteiger partial charge in [-0.25, -0.2) is 14.6 Å². The molecule has 0 radical (unpaired) electrons. The molecule has 3 aromatic carbocycles. The first-order valence-corrected chi connectivity index (χ1v) is 12.2. The van der Waals surface area contributed by atoms with Crippen molar-refractivity contribution in [2.45, 2.75) is 20.2 Å². The second kappa shape index (κ2) is 9.79. The smallest absolute Gasteiger partial charge is 0.406 e. The molecule has 0 aliphatic rings. The number of aryl methyl sites for hydroxylation is 2. The van der Waals surface area contributed by atoms with E-state index < -0.39 is 6.36 Å². The lowest BCUT2D eigenvalue weighted by atomic mass is 10.1. The van der Waals surface area contributed by atoms with Gasteiger partial charge in [0, 0.05) is 11.3 Å². The molecule has 0 atom stereocenters. The van der Waals surface area contributed by atoms with Gasteiger partial charge in [0.15, 0.2) is 16.1 Å². The monoisotopic (exact) mass is 540 g/mol. The van der Waals surface area contributed by atoms with Crippen LogP contribution < -0.4 is 15.4 Å². The number of aromatic nitrogens is 4. The Balaban J connectivity index is 1.31. The number of nitrogens with one attached hydrogen (secondary N) is 2. The van der Waals surface area contributed by atoms with Crippen molar-refractivity contribution in [2.24, 2.45) is 0 Å². The summed E-state index contributed by atoms with van der Waals surface area (Å²) in [7, 11) is 0. The van der Waals surface area contributed by atoms with Crippen LogP contribution in [0.15, 0.2) is 67.0 Å². The van der Waals surface area contributed by atoms with E-state index in [1.54, 1.807) is 0 Å². The quantitative estimate of drug-likeness (QED) is 0.236. The van der Waals surface area contributed by atoms with Crippen LogP contribution in [0.1, 0.15) is 11.1 Å². The number of benzene rings is 3. The molecule has 7 nitrogen and oxygen atoms in total. The zero-order chi connectivity index (χ0) is 26.2. The number of para-hydroxylation sites is 1. The van der Waals surface area contributed by atoms with Crippen LogP contribution in [0.25, 0.3) is 27.3 Å². The molecule has 0 spiro atoms. The van der Waals surface area contributed by atoms with Gasteiger partial charge in [-0.15, -0.1) is 18.3 Å². The topological polar surface area (TPSA) is 76.9 Å². The fourth-order valence-corrected chi connectivity index (χ4v) is 4.86. The summed E-state index contributed by atoms with van der Waals surface area (Å²) in [5, 5.41) is 11.9. The summed E-state index contributed by atoms with van der Waals surface area (Å²) in [6, 6.07) is 17.1. The van der Waals surface area contributed by atoms with Gasteiger partial charge in [-0.1, -0.05) is 29.5 Å². The Kier molecular flexibility index (Phi) is 6.52. The molecular weight excluding hydrogens is 521 g/mol. The molecule has 0 amide bonds. The van der Waals surface area contributed by atoms with E-state index in [-0.39, 0.29) is 5.75 Å². The highest BCUT2D eigenvalue weighted by molar-refractivity contribution is 7.80. The van der Waals surface area contributed by atoms with Gasteiger partial charge < -0.3 is 15.4 Å². The Morgan fingerprint density at radius 3 is 2.43 bits per heavy atom. The van der Waals surface area contributed by atoms with Crippen LogP contribution in [0, 0.1) is 13.8 Å². The summed E-state index contributed by atoms with van der Waals surface area (Å²) in [6.45, 7) is 4.04. The minimum atomic E-state index is -4.74. The number of alkyl halides is 3. The Labute approximate surface area is 218 Å². The van der Waals surface area contributed by atoms with Crippen LogP contribution in [0.3, 0.4) is 0 Å². The van der Waals surface area contributed by atoms with Crippen molar-refractivity contribution in [3.8, 4) is 22.8 Å². The van der Waals surface area contributed by atoms with Gasteiger partial charge in [0.05, 0.1) is 15.9 Å². The normalized spacial score (nSPS) is 11.5. The van der Waals surface area contributed by atoms with Crippen LogP contribution in [0.2, 0.25) is 0 Å². The standard InChI is InChI=1S/C25H19F3N6OS2/c1-14-4-3-5-15(2)21(14)31-23(36)32-24-30-19-11-6-16(12-20(19)37-24)22-29-13-34(33-22)17-7-9-18(10-8-17)35-25(26,27)28/h3-13H,1-2H3,(H2,30,31,32,36). The first-order valence-electron chi connectivity index (χ1n) is 11.0. The van der Waals surface area contributed by atoms with Crippen LogP contribution >= 0.6 is 23.6 Å². The molecular formula is C25H19F3N6OS2. The Morgan fingerprint density at radius 2 is 1.73 bits per heavy atom. The van der Waals surface area contributed by atoms with Crippen molar-refractivity contribution in [3.63, 3.8) is 0 Å². The van der Waals surface area contributed by atoms with Gasteiger partial charge in [-0.3, -0.25) is 0 Å². The van der Waals surface area contributed by atoms with E-state index in [0.717, 1.165) is 32.6 Å². The molecule has 37 heavy (non-hydrogen) atoms. The molecule has 0 unspecified atom stereocenters. The predicted octanol–water partition coefficient (Wildman–Crippen LogP) is 6.87. The maximum atomic E-state index is 12.4. The number of hydrogen-bond donors (Lipinski definition) is 2. The number of anilines is 2. The molecule has 0 fully saturated rings. The summed E-state index contributed by atoms with van der Waals surface area (Å²) >= 11 is 6.93. The summed E-state index contributed by atoms with van der Waals surface area (Å²) in [5.74, 6) is 0.160. The van der Waals surface area contributed by atoms with Crippen LogP contribution in [0.4, 0.5) is 24.0 Å². The van der Waals surface area contributed by atoms with E-state index in [1.165, 1.54) is 46.6 Å². The molecule has 2 heterocycles. The number of fused-ring (bicyclic) bond motifs is 1. The molecule has 12 heteroatoms. The highest BCUT2D eigenvalue weighted by Crippen LogP contribution is 2.30. The summed E-state index contributed by atoms with van der Waals surface area (Å²) in [6.07, 6.45) is -3.25. The van der Waals surface area contributed by atoms with Crippen molar-refractivity contribution >= 4 is 49.7 Å². The number of hydrogen-bond acceptors (Lipinski definition) is 6. The Morgan fingerprint density at radius 1 is 1.00 bits per heavy atom. The molecule has 2 aromatic heterocycles. The van der Waals surface area contributed by atoms with Crippen molar-refractivity contribution in [1.29, 1.82) is 0 Å². The third kappa shape index (κ3) is 5.70. The second-order valence-electron chi connectivity index (χ2n) is 8.10. The molecule has 5 rings (SSSR count). The number of rotatable bonds is 5. The average molecular weight is 541 g/mol. The van der Waals surface area contributed by atoms with Crippen LogP contribution in [0.5, 0.6) is 5.75 Å². The molecule has 0 saturated carbocycles. The molecule has 0 saturated heterocycles. The predicted molar refractivity (Wildman–Crippen MR) is 142 cm³/mol. The first kappa shape index (κ1) is 24.7. The second-order valence-corrected chi connectivity index (χ2v) is 9.54. The molecule has 188 valence electrons. The fraction of sp³-hybridized carbons (Fsp3) is 0.120. The van der Waals surface area contributed by atoms with Gasteiger partial charge in [0.25, 0.3) is 0 Å². The van der Waals surface area contributed by atoms with Crippen molar-refractivity contribution in [2.75, 3.05) is 10.6 Å². The van der Waals surface area contributed by atoms with Crippen molar-refractivity contribution in [3.05, 3.63) is 78.1 Å². The molecule has 2 N–H and O–H groups in total. The molecule has 5 aromatic rings. The zero-order valence-electron chi connectivity index (χ0n) is 19.5. The van der Waals surface area contributed by atoms with Gasteiger partial charge >= 0.3 is 6.36 Å². The third-order valence-corrected chi connectivity index (χ3v) is 6.55. The third-order valence-electron chi connectivity index (χ3n) is 5.41. The average Bonchev–Trinajstić information content (AvgIpc) is 3.47. The minimum absolute atomic E-state index is 0.305. The van der Waals surface area contributed by atoms with Gasteiger partial charge in [0.2, 0.25) is 0 Å². The largest absolute Gasteiger partial charge is 0.573 e. The molecule has 0 aliphatic carbocycles. The number of halogens is 3. The van der Waals surface area contributed by atoms with E-state index in [0.29, 0.717) is 21.8 Å². The number of ether oxygens (including phenoxy) is 1. The van der Waals surface area contributed by atoms with Crippen LogP contribution in [-0.2, 0) is 0 Å². The summed E-state index contributed by atoms with van der Waals surface area (Å²) in [5.41, 5.74) is 5.27. The van der Waals surface area contributed by atoms with E-state index >= 15 is 0 Å². The lowest BCUT2D eigenvalue weighted by Crippen LogP contribution is -2.20. The number of nitrogens with zero attached hydrogens (tertiary/aromatic N) is 4. The zero-order valence-corrected chi connectivity index (χ0v) is 21.1. The fourth-order valence-electron chi connectivity index (χ4n) is 3.69. The van der Waals surface area contributed by atoms with Gasteiger partial charge in [-0.2, -0.15) is 0 Å². The van der Waals surface area contributed by atoms with Gasteiger partial charge in [0.1, 0.15) is 12.1 Å². The van der Waals surface area contributed by atoms with E-state index in [1.807, 2.05) is 50.2 Å². The van der Waals surface area contributed by atoms with E-state index in [9.17, 15) is 13.2 Å². The Bertz CT molecular complexity index is 1570. The highest BCUT2D eigenvalue weighted by atomic mass is 32.1. The van der Waals surface area contributed by atoms with E-state index in [4.69, 9.17) is 12.2 Å². The maximum absolute atomic E-state index is 12.4. The van der Waals surface area contributed by atoms with Crippen molar-refractivity contribution < 1.29 is 17.9 Å². The first-order chi connectivity index (χ1) is 17.6. The van der Waals surface area contributed by atoms with Crippen LogP contribution in [-0.4, -0.2) is 31.2 Å².